The number of nitrogens with zero attached hydrogens (tertiary/aromatic N) is 3. The molecule has 0 unspecified atom stereocenters. The van der Waals surface area contributed by atoms with Crippen molar-refractivity contribution < 1.29 is 14.3 Å². The number of likely N-dealkylation sites (N-methyl/N-ethyl adjacent to an activating group) is 1. The van der Waals surface area contributed by atoms with Gasteiger partial charge in [0.2, 0.25) is 6.79 Å². The number of nitrogens with one attached hydrogen (secondary N) is 1. The lowest BCUT2D eigenvalue weighted by Crippen LogP contribution is -2.28. The number of rotatable bonds is 6. The Morgan fingerprint density at radius 2 is 1.91 bits per heavy atom. The molecular weight excluding hydrogens is 420 g/mol. The molecule has 0 amide bonds. The van der Waals surface area contributed by atoms with Gasteiger partial charge < -0.3 is 19.0 Å². The number of H-pyrrole nitrogens is 1. The van der Waals surface area contributed by atoms with Crippen molar-refractivity contribution in [2.45, 2.75) is 20.4 Å². The van der Waals surface area contributed by atoms with Gasteiger partial charge in [-0.15, -0.1) is 0 Å². The molecule has 5 rings (SSSR count). The van der Waals surface area contributed by atoms with E-state index in [1.54, 1.807) is 6.07 Å². The standard InChI is InChI=1S/C25H24N4O4/c1-15-10-19(16(2)29(15)17-8-9-22-23(11-17)33-14-32-22)21(30)12-28(3)13-24-26-20-7-5-4-6-18(20)25(31)27-24/h4-11H,12-14H2,1-3H3,(H,26,27,31). The molecule has 33 heavy (non-hydrogen) atoms. The van der Waals surface area contributed by atoms with E-state index in [0.717, 1.165) is 22.8 Å². The minimum absolute atomic E-state index is 0.000675. The lowest BCUT2D eigenvalue weighted by molar-refractivity contribution is 0.0941. The second-order valence-corrected chi connectivity index (χ2v) is 8.28. The maximum atomic E-state index is 13.1. The summed E-state index contributed by atoms with van der Waals surface area (Å²) in [6, 6.07) is 14.9. The Morgan fingerprint density at radius 1 is 1.12 bits per heavy atom. The number of Topliss-reactive ketones (excluding diaryl/α,β-unsaturated/α-hetero) is 1. The van der Waals surface area contributed by atoms with Crippen molar-refractivity contribution in [1.82, 2.24) is 19.4 Å². The number of carbonyl (C=O) groups excluding carboxylic acids is 1. The minimum atomic E-state index is -0.178. The first-order valence-electron chi connectivity index (χ1n) is 10.7. The molecule has 0 atom stereocenters. The molecule has 0 saturated heterocycles. The van der Waals surface area contributed by atoms with Crippen LogP contribution in [0.4, 0.5) is 0 Å². The van der Waals surface area contributed by atoms with Crippen molar-refractivity contribution >= 4 is 16.7 Å². The number of fused-ring (bicyclic) bond motifs is 2. The van der Waals surface area contributed by atoms with E-state index in [1.165, 1.54) is 0 Å². The topological polar surface area (TPSA) is 89.5 Å². The van der Waals surface area contributed by atoms with Crippen LogP contribution >= 0.6 is 0 Å². The summed E-state index contributed by atoms with van der Waals surface area (Å²) in [6.45, 7) is 4.68. The van der Waals surface area contributed by atoms with Crippen LogP contribution in [0.25, 0.3) is 16.6 Å². The monoisotopic (exact) mass is 444 g/mol. The SMILES string of the molecule is Cc1cc(C(=O)CN(C)Cc2nc3ccccc3c(=O)[nH]2)c(C)n1-c1ccc2c(c1)OCO2. The van der Waals surface area contributed by atoms with Gasteiger partial charge in [-0.05, 0) is 51.2 Å². The molecule has 1 aliphatic rings. The lowest BCUT2D eigenvalue weighted by Gasteiger charge is -2.15. The molecule has 3 heterocycles. The van der Waals surface area contributed by atoms with Crippen molar-refractivity contribution in [1.29, 1.82) is 0 Å². The Morgan fingerprint density at radius 3 is 2.76 bits per heavy atom. The smallest absolute Gasteiger partial charge is 0.258 e. The molecule has 0 aliphatic carbocycles. The Balaban J connectivity index is 1.35. The molecule has 168 valence electrons. The summed E-state index contributed by atoms with van der Waals surface area (Å²) in [5, 5.41) is 0.552. The minimum Gasteiger partial charge on any atom is -0.454 e. The van der Waals surface area contributed by atoms with Crippen molar-refractivity contribution in [2.24, 2.45) is 0 Å². The molecule has 0 radical (unpaired) electrons. The highest BCUT2D eigenvalue weighted by atomic mass is 16.7. The number of hydrogen-bond donors (Lipinski definition) is 1. The number of hydrogen-bond acceptors (Lipinski definition) is 6. The van der Waals surface area contributed by atoms with Gasteiger partial charge in [-0.3, -0.25) is 14.5 Å². The first-order chi connectivity index (χ1) is 15.9. The summed E-state index contributed by atoms with van der Waals surface area (Å²) in [7, 11) is 1.84. The van der Waals surface area contributed by atoms with E-state index in [9.17, 15) is 9.59 Å². The van der Waals surface area contributed by atoms with E-state index in [-0.39, 0.29) is 24.7 Å². The van der Waals surface area contributed by atoms with Crippen molar-refractivity contribution in [3.63, 3.8) is 0 Å². The molecule has 2 aromatic carbocycles. The van der Waals surface area contributed by atoms with Gasteiger partial charge in [0.25, 0.3) is 5.56 Å². The van der Waals surface area contributed by atoms with Crippen LogP contribution in [-0.2, 0) is 6.54 Å². The predicted octanol–water partition coefficient (Wildman–Crippen LogP) is 3.37. The Bertz CT molecular complexity index is 1440. The van der Waals surface area contributed by atoms with E-state index >= 15 is 0 Å². The first-order valence-corrected chi connectivity index (χ1v) is 10.7. The van der Waals surface area contributed by atoms with Crippen LogP contribution in [0, 0.1) is 13.8 Å². The van der Waals surface area contributed by atoms with Gasteiger partial charge >= 0.3 is 0 Å². The van der Waals surface area contributed by atoms with E-state index < -0.39 is 0 Å². The third-order valence-corrected chi connectivity index (χ3v) is 5.84. The first kappa shape index (κ1) is 21.0. The van der Waals surface area contributed by atoms with Crippen molar-refractivity contribution in [3.8, 4) is 17.2 Å². The predicted molar refractivity (Wildman–Crippen MR) is 124 cm³/mol. The van der Waals surface area contributed by atoms with Gasteiger partial charge in [-0.25, -0.2) is 4.98 Å². The molecule has 4 aromatic rings. The highest BCUT2D eigenvalue weighted by Crippen LogP contribution is 2.35. The van der Waals surface area contributed by atoms with E-state index in [2.05, 4.69) is 9.97 Å². The van der Waals surface area contributed by atoms with E-state index in [1.807, 2.05) is 72.8 Å². The number of ketones is 1. The number of para-hydroxylation sites is 1. The van der Waals surface area contributed by atoms with Crippen LogP contribution in [0.3, 0.4) is 0 Å². The fourth-order valence-electron chi connectivity index (χ4n) is 4.32. The summed E-state index contributed by atoms with van der Waals surface area (Å²) >= 11 is 0. The number of aromatic amines is 1. The van der Waals surface area contributed by atoms with Gasteiger partial charge in [0.05, 0.1) is 24.0 Å². The Labute approximate surface area is 190 Å². The molecule has 0 spiro atoms. The maximum absolute atomic E-state index is 13.1. The summed E-state index contributed by atoms with van der Waals surface area (Å²) in [5.41, 5.74) is 3.86. The second kappa shape index (κ2) is 8.22. The molecule has 8 heteroatoms. The van der Waals surface area contributed by atoms with Crippen LogP contribution in [0.1, 0.15) is 27.6 Å². The molecular formula is C25H24N4O4. The Hall–Kier alpha value is -3.91. The highest BCUT2D eigenvalue weighted by molar-refractivity contribution is 5.99. The molecule has 8 nitrogen and oxygen atoms in total. The Kier molecular flexibility index (Phi) is 5.22. The van der Waals surface area contributed by atoms with Gasteiger partial charge in [0.15, 0.2) is 17.3 Å². The normalized spacial score (nSPS) is 12.6. The summed E-state index contributed by atoms with van der Waals surface area (Å²) in [5.74, 6) is 1.95. The van der Waals surface area contributed by atoms with Crippen molar-refractivity contribution in [2.75, 3.05) is 20.4 Å². The zero-order valence-corrected chi connectivity index (χ0v) is 18.7. The molecule has 2 aromatic heterocycles. The average molecular weight is 444 g/mol. The zero-order chi connectivity index (χ0) is 23.1. The molecule has 1 N–H and O–H groups in total. The van der Waals surface area contributed by atoms with Gasteiger partial charge in [0, 0.05) is 28.7 Å². The van der Waals surface area contributed by atoms with Crippen LogP contribution in [-0.4, -0.2) is 45.6 Å². The number of benzene rings is 2. The summed E-state index contributed by atoms with van der Waals surface area (Å²) in [6.07, 6.45) is 0. The van der Waals surface area contributed by atoms with Gasteiger partial charge in [-0.1, -0.05) is 12.1 Å². The molecule has 0 fully saturated rings. The van der Waals surface area contributed by atoms with Crippen LogP contribution in [0.15, 0.2) is 53.3 Å². The van der Waals surface area contributed by atoms with Crippen LogP contribution < -0.4 is 15.0 Å². The quantitative estimate of drug-likeness (QED) is 0.459. The number of aromatic nitrogens is 3. The maximum Gasteiger partial charge on any atom is 0.258 e. The van der Waals surface area contributed by atoms with Crippen molar-refractivity contribution in [3.05, 3.63) is 81.7 Å². The zero-order valence-electron chi connectivity index (χ0n) is 18.7. The molecule has 0 saturated carbocycles. The summed E-state index contributed by atoms with van der Waals surface area (Å²) < 4.78 is 12.9. The number of ether oxygens (including phenoxy) is 2. The molecule has 1 aliphatic heterocycles. The van der Waals surface area contributed by atoms with E-state index in [4.69, 9.17) is 9.47 Å². The fraction of sp³-hybridized carbons (Fsp3) is 0.240. The summed E-state index contributed by atoms with van der Waals surface area (Å²) in [4.78, 5) is 34.6. The van der Waals surface area contributed by atoms with E-state index in [0.29, 0.717) is 34.6 Å². The average Bonchev–Trinajstić information content (AvgIpc) is 3.36. The number of carbonyl (C=O) groups is 1. The fourth-order valence-corrected chi connectivity index (χ4v) is 4.32. The lowest BCUT2D eigenvalue weighted by atomic mass is 10.1. The largest absolute Gasteiger partial charge is 0.454 e. The molecule has 0 bridgehead atoms. The van der Waals surface area contributed by atoms with Gasteiger partial charge in [-0.2, -0.15) is 0 Å². The third kappa shape index (κ3) is 3.89. The van der Waals surface area contributed by atoms with Gasteiger partial charge in [0.1, 0.15) is 5.82 Å². The second-order valence-electron chi connectivity index (χ2n) is 8.28. The number of aryl methyl sites for hydroxylation is 1. The highest BCUT2D eigenvalue weighted by Gasteiger charge is 2.20. The van der Waals surface area contributed by atoms with Crippen LogP contribution in [0.5, 0.6) is 11.5 Å². The van der Waals surface area contributed by atoms with Crippen LogP contribution in [0.2, 0.25) is 0 Å². The third-order valence-electron chi connectivity index (χ3n) is 5.84.